The van der Waals surface area contributed by atoms with Crippen LogP contribution in [-0.2, 0) is 23.9 Å². The molecule has 0 radical (unpaired) electrons. The number of aryl methyl sites for hydroxylation is 1. The van der Waals surface area contributed by atoms with Gasteiger partial charge in [0.25, 0.3) is 0 Å². The summed E-state index contributed by atoms with van der Waals surface area (Å²) in [4.78, 5) is 20.9. The largest absolute Gasteiger partial charge is 0.416 e. The number of rotatable bonds is 6. The number of benzene rings is 1. The van der Waals surface area contributed by atoms with Gasteiger partial charge in [0.15, 0.2) is 0 Å². The first-order valence-electron chi connectivity index (χ1n) is 10.1. The fourth-order valence-corrected chi connectivity index (χ4v) is 3.49. The van der Waals surface area contributed by atoms with Crippen LogP contribution < -0.4 is 5.32 Å². The van der Waals surface area contributed by atoms with Crippen LogP contribution in [0.2, 0.25) is 0 Å². The SMILES string of the molecule is Cc1nn(-c2cccc(C(F)(F)F)c2)c(C)c1CC(=O)NCc1ccc(-n2ccnc2)nc1. The lowest BCUT2D eigenvalue weighted by molar-refractivity contribution is -0.137. The highest BCUT2D eigenvalue weighted by Crippen LogP contribution is 2.31. The average Bonchev–Trinajstić information content (AvgIpc) is 3.42. The van der Waals surface area contributed by atoms with Crippen LogP contribution >= 0.6 is 0 Å². The zero-order valence-electron chi connectivity index (χ0n) is 18.0. The molecule has 0 aliphatic rings. The van der Waals surface area contributed by atoms with E-state index in [2.05, 4.69) is 20.4 Å². The Bertz CT molecular complexity index is 1260. The Morgan fingerprint density at radius 2 is 1.97 bits per heavy atom. The molecule has 0 bridgehead atoms. The van der Waals surface area contributed by atoms with Crippen LogP contribution in [0.5, 0.6) is 0 Å². The summed E-state index contributed by atoms with van der Waals surface area (Å²) in [6, 6.07) is 8.65. The Morgan fingerprint density at radius 1 is 1.15 bits per heavy atom. The minimum absolute atomic E-state index is 0.0666. The zero-order chi connectivity index (χ0) is 23.6. The van der Waals surface area contributed by atoms with Crippen molar-refractivity contribution >= 4 is 5.91 Å². The normalized spacial score (nSPS) is 11.5. The molecule has 7 nitrogen and oxygen atoms in total. The quantitative estimate of drug-likeness (QED) is 0.479. The Balaban J connectivity index is 1.43. The van der Waals surface area contributed by atoms with Crippen LogP contribution in [0.25, 0.3) is 11.5 Å². The molecule has 0 spiro atoms. The maximum Gasteiger partial charge on any atom is 0.416 e. The third kappa shape index (κ3) is 4.94. The van der Waals surface area contributed by atoms with Gasteiger partial charge in [-0.3, -0.25) is 9.36 Å². The molecule has 1 N–H and O–H groups in total. The van der Waals surface area contributed by atoms with Crippen LogP contribution in [0.15, 0.2) is 61.3 Å². The second kappa shape index (κ2) is 8.89. The van der Waals surface area contributed by atoms with Crippen molar-refractivity contribution in [2.45, 2.75) is 33.0 Å². The molecule has 4 aromatic rings. The van der Waals surface area contributed by atoms with E-state index in [0.29, 0.717) is 29.2 Å². The number of alkyl halides is 3. The highest BCUT2D eigenvalue weighted by atomic mass is 19.4. The first kappa shape index (κ1) is 22.3. The number of hydrogen-bond donors (Lipinski definition) is 1. The molecule has 3 aromatic heterocycles. The fourth-order valence-electron chi connectivity index (χ4n) is 3.49. The number of nitrogens with one attached hydrogen (secondary N) is 1. The van der Waals surface area contributed by atoms with E-state index < -0.39 is 11.7 Å². The number of imidazole rings is 1. The number of aromatic nitrogens is 5. The minimum atomic E-state index is -4.44. The Labute approximate surface area is 187 Å². The predicted octanol–water partition coefficient (Wildman–Crippen LogP) is 3.95. The molecule has 0 aliphatic carbocycles. The molecular weight excluding hydrogens is 433 g/mol. The fraction of sp³-hybridized carbons (Fsp3) is 0.217. The van der Waals surface area contributed by atoms with Crippen molar-refractivity contribution in [3.63, 3.8) is 0 Å². The van der Waals surface area contributed by atoms with E-state index in [-0.39, 0.29) is 12.3 Å². The summed E-state index contributed by atoms with van der Waals surface area (Å²) in [6.45, 7) is 3.77. The van der Waals surface area contributed by atoms with Gasteiger partial charge in [0, 0.05) is 36.4 Å². The molecule has 3 heterocycles. The Hall–Kier alpha value is -3.95. The molecule has 1 amide bonds. The number of nitrogens with zero attached hydrogens (tertiary/aromatic N) is 5. The number of amides is 1. The standard InChI is InChI=1S/C23H21F3N6O/c1-15-20(16(2)32(30-15)19-5-3-4-18(10-19)23(24,25)26)11-22(33)29-13-17-6-7-21(28-12-17)31-9-8-27-14-31/h3-10,12,14H,11,13H2,1-2H3,(H,29,33). The summed E-state index contributed by atoms with van der Waals surface area (Å²) < 4.78 is 42.4. The van der Waals surface area contributed by atoms with Gasteiger partial charge in [-0.25, -0.2) is 14.6 Å². The maximum atomic E-state index is 13.1. The van der Waals surface area contributed by atoms with Gasteiger partial charge in [0.2, 0.25) is 5.91 Å². The van der Waals surface area contributed by atoms with Crippen molar-refractivity contribution in [1.29, 1.82) is 0 Å². The number of carbonyl (C=O) groups is 1. The van der Waals surface area contributed by atoms with E-state index in [1.54, 1.807) is 49.4 Å². The molecule has 0 unspecified atom stereocenters. The van der Waals surface area contributed by atoms with E-state index in [1.807, 2.05) is 12.1 Å². The molecule has 10 heteroatoms. The first-order valence-corrected chi connectivity index (χ1v) is 10.1. The Morgan fingerprint density at radius 3 is 2.64 bits per heavy atom. The van der Waals surface area contributed by atoms with E-state index >= 15 is 0 Å². The number of pyridine rings is 1. The van der Waals surface area contributed by atoms with Gasteiger partial charge >= 0.3 is 6.18 Å². The van der Waals surface area contributed by atoms with Crippen LogP contribution in [0, 0.1) is 13.8 Å². The van der Waals surface area contributed by atoms with Crippen LogP contribution in [-0.4, -0.2) is 30.2 Å². The van der Waals surface area contributed by atoms with E-state index in [9.17, 15) is 18.0 Å². The van der Waals surface area contributed by atoms with Crippen LogP contribution in [0.3, 0.4) is 0 Å². The Kier molecular flexibility index (Phi) is 5.99. The highest BCUT2D eigenvalue weighted by molar-refractivity contribution is 5.79. The lowest BCUT2D eigenvalue weighted by Gasteiger charge is -2.10. The number of carbonyl (C=O) groups excluding carboxylic acids is 1. The molecular formula is C23H21F3N6O. The molecule has 170 valence electrons. The zero-order valence-corrected chi connectivity index (χ0v) is 18.0. The second-order valence-corrected chi connectivity index (χ2v) is 7.56. The van der Waals surface area contributed by atoms with Gasteiger partial charge in [-0.05, 0) is 43.7 Å². The molecule has 0 saturated carbocycles. The van der Waals surface area contributed by atoms with Crippen molar-refractivity contribution in [2.24, 2.45) is 0 Å². The molecule has 0 atom stereocenters. The van der Waals surface area contributed by atoms with Gasteiger partial charge in [-0.2, -0.15) is 18.3 Å². The molecule has 4 rings (SSSR count). The van der Waals surface area contributed by atoms with E-state index in [0.717, 1.165) is 23.5 Å². The van der Waals surface area contributed by atoms with Crippen molar-refractivity contribution in [1.82, 2.24) is 29.6 Å². The predicted molar refractivity (Wildman–Crippen MR) is 115 cm³/mol. The lowest BCUT2D eigenvalue weighted by atomic mass is 10.1. The third-order valence-corrected chi connectivity index (χ3v) is 5.26. The summed E-state index contributed by atoms with van der Waals surface area (Å²) in [6.07, 6.45) is 2.40. The van der Waals surface area contributed by atoms with Crippen LogP contribution in [0.4, 0.5) is 13.2 Å². The molecule has 0 aliphatic heterocycles. The van der Waals surface area contributed by atoms with E-state index in [1.165, 1.54) is 10.7 Å². The van der Waals surface area contributed by atoms with Crippen molar-refractivity contribution < 1.29 is 18.0 Å². The van der Waals surface area contributed by atoms with Crippen molar-refractivity contribution in [2.75, 3.05) is 0 Å². The summed E-state index contributed by atoms with van der Waals surface area (Å²) >= 11 is 0. The van der Waals surface area contributed by atoms with Crippen molar-refractivity contribution in [3.8, 4) is 11.5 Å². The third-order valence-electron chi connectivity index (χ3n) is 5.26. The average molecular weight is 454 g/mol. The molecule has 1 aromatic carbocycles. The lowest BCUT2D eigenvalue weighted by Crippen LogP contribution is -2.25. The molecule has 0 fully saturated rings. The van der Waals surface area contributed by atoms with Gasteiger partial charge in [-0.1, -0.05) is 12.1 Å². The maximum absolute atomic E-state index is 13.1. The molecule has 0 saturated heterocycles. The highest BCUT2D eigenvalue weighted by Gasteiger charge is 2.30. The number of halogens is 3. The first-order chi connectivity index (χ1) is 15.7. The van der Waals surface area contributed by atoms with Crippen LogP contribution in [0.1, 0.15) is 28.1 Å². The smallest absolute Gasteiger partial charge is 0.352 e. The number of hydrogen-bond acceptors (Lipinski definition) is 4. The van der Waals surface area contributed by atoms with Gasteiger partial charge < -0.3 is 5.32 Å². The summed E-state index contributed by atoms with van der Waals surface area (Å²) in [5.74, 6) is 0.499. The van der Waals surface area contributed by atoms with Crippen molar-refractivity contribution in [3.05, 3.63) is 89.4 Å². The monoisotopic (exact) mass is 454 g/mol. The molecule has 33 heavy (non-hydrogen) atoms. The van der Waals surface area contributed by atoms with Gasteiger partial charge in [-0.15, -0.1) is 0 Å². The summed E-state index contributed by atoms with van der Waals surface area (Å²) in [5.41, 5.74) is 2.26. The van der Waals surface area contributed by atoms with Gasteiger partial charge in [0.1, 0.15) is 12.1 Å². The topological polar surface area (TPSA) is 77.6 Å². The summed E-state index contributed by atoms with van der Waals surface area (Å²) in [5, 5.41) is 7.21. The van der Waals surface area contributed by atoms with E-state index in [4.69, 9.17) is 0 Å². The minimum Gasteiger partial charge on any atom is -0.352 e. The second-order valence-electron chi connectivity index (χ2n) is 7.56. The van der Waals surface area contributed by atoms with Gasteiger partial charge in [0.05, 0.1) is 23.4 Å². The summed E-state index contributed by atoms with van der Waals surface area (Å²) in [7, 11) is 0.